The second kappa shape index (κ2) is 9.46. The maximum atomic E-state index is 12.4. The fourth-order valence-corrected chi connectivity index (χ4v) is 3.91. The summed E-state index contributed by atoms with van der Waals surface area (Å²) in [7, 11) is 0. The van der Waals surface area contributed by atoms with Gasteiger partial charge in [0.25, 0.3) is 5.91 Å². The Morgan fingerprint density at radius 3 is 2.76 bits per heavy atom. The zero-order valence-electron chi connectivity index (χ0n) is 18.8. The number of imidazole rings is 1. The van der Waals surface area contributed by atoms with Gasteiger partial charge in [-0.15, -0.1) is 12.4 Å². The lowest BCUT2D eigenvalue weighted by Crippen LogP contribution is -2.43. The molecule has 9 nitrogen and oxygen atoms in total. The van der Waals surface area contributed by atoms with Crippen LogP contribution in [0.25, 0.3) is 11.0 Å². The van der Waals surface area contributed by atoms with Crippen molar-refractivity contribution in [3.63, 3.8) is 0 Å². The lowest BCUT2D eigenvalue weighted by atomic mass is 9.99. The summed E-state index contributed by atoms with van der Waals surface area (Å²) in [5, 5.41) is 26.7. The van der Waals surface area contributed by atoms with E-state index in [2.05, 4.69) is 15.6 Å². The molecule has 4 rings (SSSR count). The predicted molar refractivity (Wildman–Crippen MR) is 128 cm³/mol. The second-order valence-corrected chi connectivity index (χ2v) is 8.88. The van der Waals surface area contributed by atoms with E-state index >= 15 is 0 Å². The summed E-state index contributed by atoms with van der Waals surface area (Å²) in [5.41, 5.74) is 2.96. The van der Waals surface area contributed by atoms with Gasteiger partial charge in [-0.2, -0.15) is 0 Å². The summed E-state index contributed by atoms with van der Waals surface area (Å²) < 4.78 is 7.21. The van der Waals surface area contributed by atoms with Crippen molar-refractivity contribution in [2.45, 2.75) is 45.4 Å². The Hall–Kier alpha value is -3.01. The number of nitrogens with one attached hydrogen (secondary N) is 3. The minimum absolute atomic E-state index is 0. The first-order valence-electron chi connectivity index (χ1n) is 10.5. The number of ether oxygens (including phenoxy) is 1. The number of H-pyrrole nitrogens is 1. The Labute approximate surface area is 197 Å². The Bertz CT molecular complexity index is 1230. The molecule has 0 saturated carbocycles. The second-order valence-electron chi connectivity index (χ2n) is 8.88. The monoisotopic (exact) mass is 476 g/mol. The molecule has 0 aliphatic carbocycles. The number of hydrogen-bond donors (Lipinski definition) is 5. The molecular weight excluding hydrogens is 448 g/mol. The smallest absolute Gasteiger partial charge is 0.326 e. The summed E-state index contributed by atoms with van der Waals surface area (Å²) in [6, 6.07) is 8.68. The number of aromatic nitrogens is 2. The van der Waals surface area contributed by atoms with Gasteiger partial charge in [-0.25, -0.2) is 4.79 Å². The van der Waals surface area contributed by atoms with E-state index in [0.29, 0.717) is 30.0 Å². The lowest BCUT2D eigenvalue weighted by Gasteiger charge is -2.29. The van der Waals surface area contributed by atoms with Crippen molar-refractivity contribution in [2.75, 3.05) is 18.5 Å². The number of nitrogens with zero attached hydrogens (tertiary/aromatic N) is 1. The third-order valence-corrected chi connectivity index (χ3v) is 5.75. The molecule has 1 amide bonds. The van der Waals surface area contributed by atoms with Crippen molar-refractivity contribution in [2.24, 2.45) is 0 Å². The Kier molecular flexibility index (Phi) is 7.06. The number of amides is 1. The number of hydrogen-bond acceptors (Lipinski definition) is 6. The maximum absolute atomic E-state index is 12.4. The molecule has 1 aliphatic heterocycles. The highest BCUT2D eigenvalue weighted by molar-refractivity contribution is 5.96. The van der Waals surface area contributed by atoms with Crippen LogP contribution in [0.1, 0.15) is 37.5 Å². The van der Waals surface area contributed by atoms with Crippen LogP contribution >= 0.6 is 12.4 Å². The fraction of sp³-hybridized carbons (Fsp3) is 0.391. The Morgan fingerprint density at radius 2 is 2.00 bits per heavy atom. The highest BCUT2D eigenvalue weighted by atomic mass is 35.5. The standard InChI is InChI=1S/C23H28N4O5.ClH/c1-13-4-5-16-18(8-13)27(22(31)26-16)7-6-23(2,3)24-11-19(29)15-9-14(28)10-17-21(15)32-12-20(30)25-17;/h4-5,8-10,19,24,28-29H,6-7,11-12H2,1-3H3,(H,25,30)(H,26,31);1H. The lowest BCUT2D eigenvalue weighted by molar-refractivity contribution is -0.118. The molecule has 1 atom stereocenters. The highest BCUT2D eigenvalue weighted by Crippen LogP contribution is 2.38. The highest BCUT2D eigenvalue weighted by Gasteiger charge is 2.26. The largest absolute Gasteiger partial charge is 0.508 e. The van der Waals surface area contributed by atoms with Crippen LogP contribution < -0.4 is 21.1 Å². The van der Waals surface area contributed by atoms with Crippen molar-refractivity contribution in [1.29, 1.82) is 0 Å². The number of aromatic hydroxyl groups is 1. The number of fused-ring (bicyclic) bond motifs is 2. The quantitative estimate of drug-likeness (QED) is 0.356. The molecule has 2 heterocycles. The van der Waals surface area contributed by atoms with Gasteiger partial charge in [-0.05, 0) is 51.0 Å². The molecule has 1 aliphatic rings. The molecular formula is C23H29ClN4O5. The number of benzene rings is 2. The van der Waals surface area contributed by atoms with Gasteiger partial charge in [0.1, 0.15) is 11.5 Å². The number of aromatic amines is 1. The van der Waals surface area contributed by atoms with Crippen LogP contribution in [-0.4, -0.2) is 44.4 Å². The van der Waals surface area contributed by atoms with Gasteiger partial charge in [0.2, 0.25) is 0 Å². The molecule has 178 valence electrons. The number of aliphatic hydroxyl groups excluding tert-OH is 1. The van der Waals surface area contributed by atoms with Gasteiger partial charge in [0, 0.05) is 30.3 Å². The van der Waals surface area contributed by atoms with Crippen molar-refractivity contribution in [3.8, 4) is 11.5 Å². The van der Waals surface area contributed by atoms with Crippen LogP contribution in [-0.2, 0) is 11.3 Å². The summed E-state index contributed by atoms with van der Waals surface area (Å²) >= 11 is 0. The third kappa shape index (κ3) is 5.32. The van der Waals surface area contributed by atoms with Crippen molar-refractivity contribution in [1.82, 2.24) is 14.9 Å². The number of β-amino-alcohol motifs (C(OH)–C–C–N with tert-alkyl or cyclic N) is 1. The molecule has 0 saturated heterocycles. The summed E-state index contributed by atoms with van der Waals surface area (Å²) in [4.78, 5) is 26.8. The van der Waals surface area contributed by atoms with E-state index in [-0.39, 0.29) is 48.4 Å². The summed E-state index contributed by atoms with van der Waals surface area (Å²) in [6.07, 6.45) is -0.325. The average Bonchev–Trinajstić information content (AvgIpc) is 3.04. The minimum atomic E-state index is -0.969. The summed E-state index contributed by atoms with van der Waals surface area (Å²) in [6.45, 7) is 6.55. The molecule has 0 bridgehead atoms. The van der Waals surface area contributed by atoms with Gasteiger partial charge in [-0.1, -0.05) is 6.07 Å². The van der Waals surface area contributed by atoms with Crippen molar-refractivity contribution >= 4 is 35.0 Å². The Morgan fingerprint density at radius 1 is 1.24 bits per heavy atom. The zero-order valence-corrected chi connectivity index (χ0v) is 19.6. The molecule has 0 spiro atoms. The van der Waals surface area contributed by atoms with Gasteiger partial charge < -0.3 is 30.6 Å². The minimum Gasteiger partial charge on any atom is -0.508 e. The van der Waals surface area contributed by atoms with E-state index in [1.807, 2.05) is 39.0 Å². The van der Waals surface area contributed by atoms with E-state index in [0.717, 1.165) is 16.6 Å². The Balaban J connectivity index is 0.00000306. The fourth-order valence-electron chi connectivity index (χ4n) is 3.91. The number of phenolic OH excluding ortho intramolecular Hbond substituents is 1. The van der Waals surface area contributed by atoms with Crippen LogP contribution in [0.4, 0.5) is 5.69 Å². The van der Waals surface area contributed by atoms with Gasteiger partial charge in [0.15, 0.2) is 6.61 Å². The maximum Gasteiger partial charge on any atom is 0.326 e. The number of halogens is 1. The molecule has 2 aromatic carbocycles. The van der Waals surface area contributed by atoms with E-state index in [4.69, 9.17) is 4.74 Å². The predicted octanol–water partition coefficient (Wildman–Crippen LogP) is 2.59. The van der Waals surface area contributed by atoms with Crippen LogP contribution in [0.2, 0.25) is 0 Å². The number of aryl methyl sites for hydroxylation is 2. The van der Waals surface area contributed by atoms with E-state index in [1.165, 1.54) is 12.1 Å². The van der Waals surface area contributed by atoms with Crippen LogP contribution in [0.5, 0.6) is 11.5 Å². The van der Waals surface area contributed by atoms with Gasteiger partial charge in [-0.3, -0.25) is 9.36 Å². The van der Waals surface area contributed by atoms with E-state index in [1.54, 1.807) is 4.57 Å². The molecule has 0 fully saturated rings. The number of anilines is 1. The molecule has 0 radical (unpaired) electrons. The summed E-state index contributed by atoms with van der Waals surface area (Å²) in [5.74, 6) is -0.0300. The number of carbonyl (C=O) groups is 1. The molecule has 10 heteroatoms. The van der Waals surface area contributed by atoms with Crippen molar-refractivity contribution in [3.05, 3.63) is 51.9 Å². The normalized spacial score (nSPS) is 14.2. The number of carbonyl (C=O) groups excluding carboxylic acids is 1. The average molecular weight is 477 g/mol. The molecule has 3 aromatic rings. The molecule has 5 N–H and O–H groups in total. The number of rotatable bonds is 7. The first kappa shape index (κ1) is 24.6. The molecule has 1 unspecified atom stereocenters. The van der Waals surface area contributed by atoms with Gasteiger partial charge >= 0.3 is 5.69 Å². The molecule has 33 heavy (non-hydrogen) atoms. The first-order chi connectivity index (χ1) is 15.1. The van der Waals surface area contributed by atoms with Gasteiger partial charge in [0.05, 0.1) is 22.8 Å². The van der Waals surface area contributed by atoms with Crippen LogP contribution in [0, 0.1) is 6.92 Å². The SMILES string of the molecule is Cc1ccc2[nH]c(=O)n(CCC(C)(C)NCC(O)c3cc(O)cc4c3OCC(=O)N4)c2c1.Cl. The number of phenols is 1. The zero-order chi connectivity index (χ0) is 23.0. The topological polar surface area (TPSA) is 129 Å². The number of aliphatic hydroxyl groups is 1. The molecule has 1 aromatic heterocycles. The van der Waals surface area contributed by atoms with Crippen LogP contribution in [0.15, 0.2) is 35.1 Å². The van der Waals surface area contributed by atoms with Crippen molar-refractivity contribution < 1.29 is 19.7 Å². The van der Waals surface area contributed by atoms with E-state index in [9.17, 15) is 19.8 Å². The van der Waals surface area contributed by atoms with Crippen LogP contribution in [0.3, 0.4) is 0 Å². The third-order valence-electron chi connectivity index (χ3n) is 5.75. The first-order valence-corrected chi connectivity index (χ1v) is 10.5. The van der Waals surface area contributed by atoms with E-state index < -0.39 is 6.10 Å².